The second-order valence-corrected chi connectivity index (χ2v) is 8.67. The second kappa shape index (κ2) is 11.3. The molecule has 0 aliphatic carbocycles. The normalized spacial score (nSPS) is 21.3. The van der Waals surface area contributed by atoms with Gasteiger partial charge in [-0.25, -0.2) is 8.78 Å². The van der Waals surface area contributed by atoms with Gasteiger partial charge in [-0.05, 0) is 48.2 Å². The fourth-order valence-electron chi connectivity index (χ4n) is 4.57. The number of ether oxygens (including phenoxy) is 2. The highest BCUT2D eigenvalue weighted by Crippen LogP contribution is 2.30. The number of halogens is 2. The van der Waals surface area contributed by atoms with Gasteiger partial charge in [0.05, 0.1) is 31.5 Å². The number of β-amino-alcohol motifs (C(OH)–C–C–N with tert-alkyl or cyclic N) is 1. The van der Waals surface area contributed by atoms with Gasteiger partial charge in [0.1, 0.15) is 11.6 Å². The lowest BCUT2D eigenvalue weighted by Crippen LogP contribution is -2.50. The third kappa shape index (κ3) is 6.33. The molecule has 2 fully saturated rings. The van der Waals surface area contributed by atoms with Crippen LogP contribution in [0.15, 0.2) is 48.5 Å². The number of rotatable bonds is 9. The van der Waals surface area contributed by atoms with Crippen LogP contribution in [0.2, 0.25) is 0 Å². The van der Waals surface area contributed by atoms with Crippen LogP contribution in [-0.2, 0) is 9.47 Å². The smallest absolute Gasteiger partial charge is 0.123 e. The first-order chi connectivity index (χ1) is 15.6. The van der Waals surface area contributed by atoms with Crippen molar-refractivity contribution in [3.05, 3.63) is 71.3 Å². The number of aliphatic hydroxyl groups excluding tert-OH is 1. The predicted octanol–water partition coefficient (Wildman–Crippen LogP) is 3.23. The molecule has 32 heavy (non-hydrogen) atoms. The lowest BCUT2D eigenvalue weighted by Gasteiger charge is -2.40. The quantitative estimate of drug-likeness (QED) is 0.641. The van der Waals surface area contributed by atoms with Gasteiger partial charge in [0.15, 0.2) is 0 Å². The van der Waals surface area contributed by atoms with Crippen molar-refractivity contribution in [3.8, 4) is 0 Å². The minimum atomic E-state index is -0.534. The molecule has 5 nitrogen and oxygen atoms in total. The van der Waals surface area contributed by atoms with Gasteiger partial charge in [0.2, 0.25) is 0 Å². The van der Waals surface area contributed by atoms with Crippen LogP contribution in [0.4, 0.5) is 8.78 Å². The Morgan fingerprint density at radius 3 is 2.06 bits per heavy atom. The monoisotopic (exact) mass is 446 g/mol. The summed E-state index contributed by atoms with van der Waals surface area (Å²) in [6.45, 7) is 5.43. The van der Waals surface area contributed by atoms with Gasteiger partial charge in [-0.2, -0.15) is 0 Å². The van der Waals surface area contributed by atoms with Crippen molar-refractivity contribution in [1.82, 2.24) is 9.80 Å². The van der Waals surface area contributed by atoms with Gasteiger partial charge in [-0.1, -0.05) is 24.3 Å². The summed E-state index contributed by atoms with van der Waals surface area (Å²) in [4.78, 5) is 4.57. The summed E-state index contributed by atoms with van der Waals surface area (Å²) in [5.41, 5.74) is 1.96. The maximum absolute atomic E-state index is 13.5. The zero-order chi connectivity index (χ0) is 22.3. The Morgan fingerprint density at radius 1 is 0.938 bits per heavy atom. The molecule has 2 aliphatic heterocycles. The maximum atomic E-state index is 13.5. The van der Waals surface area contributed by atoms with Gasteiger partial charge in [-0.3, -0.25) is 9.80 Å². The molecule has 0 spiro atoms. The van der Waals surface area contributed by atoms with Crippen LogP contribution in [0.5, 0.6) is 0 Å². The lowest BCUT2D eigenvalue weighted by molar-refractivity contribution is -0.0293. The van der Waals surface area contributed by atoms with E-state index in [0.717, 1.165) is 56.8 Å². The number of aliphatic hydroxyl groups is 1. The van der Waals surface area contributed by atoms with Gasteiger partial charge < -0.3 is 14.6 Å². The topological polar surface area (TPSA) is 45.2 Å². The van der Waals surface area contributed by atoms with Gasteiger partial charge in [0.25, 0.3) is 0 Å². The van der Waals surface area contributed by atoms with Gasteiger partial charge >= 0.3 is 0 Å². The molecule has 0 bridgehead atoms. The van der Waals surface area contributed by atoms with Crippen LogP contribution in [-0.4, -0.2) is 79.7 Å². The average molecular weight is 447 g/mol. The van der Waals surface area contributed by atoms with Crippen molar-refractivity contribution in [1.29, 1.82) is 0 Å². The van der Waals surface area contributed by atoms with Crippen LogP contribution in [0.1, 0.15) is 30.0 Å². The van der Waals surface area contributed by atoms with Crippen LogP contribution in [0.25, 0.3) is 0 Å². The molecule has 2 saturated heterocycles. The number of benzene rings is 2. The summed E-state index contributed by atoms with van der Waals surface area (Å²) in [5, 5.41) is 10.4. The first-order valence-corrected chi connectivity index (χ1v) is 11.4. The molecule has 1 N–H and O–H groups in total. The van der Waals surface area contributed by atoms with E-state index in [9.17, 15) is 13.9 Å². The Morgan fingerprint density at radius 2 is 1.53 bits per heavy atom. The van der Waals surface area contributed by atoms with Crippen LogP contribution >= 0.6 is 0 Å². The fraction of sp³-hybridized carbons (Fsp3) is 0.520. The van der Waals surface area contributed by atoms with Crippen LogP contribution < -0.4 is 0 Å². The SMILES string of the molecule is OC(COCC1CCCO1)CN1CCN(C(c2ccc(F)cc2)c2ccc(F)cc2)CC1. The molecule has 2 aromatic carbocycles. The molecular weight excluding hydrogens is 414 g/mol. The Bertz CT molecular complexity index is 775. The average Bonchev–Trinajstić information content (AvgIpc) is 3.31. The lowest BCUT2D eigenvalue weighted by atomic mass is 9.96. The van der Waals surface area contributed by atoms with E-state index < -0.39 is 6.10 Å². The zero-order valence-electron chi connectivity index (χ0n) is 18.3. The van der Waals surface area contributed by atoms with Crippen molar-refractivity contribution in [2.24, 2.45) is 0 Å². The summed E-state index contributed by atoms with van der Waals surface area (Å²) in [7, 11) is 0. The molecule has 0 radical (unpaired) electrons. The van der Waals surface area contributed by atoms with E-state index in [0.29, 0.717) is 19.8 Å². The summed E-state index contributed by atoms with van der Waals surface area (Å²) >= 11 is 0. The number of hydrogen-bond donors (Lipinski definition) is 1. The standard InChI is InChI=1S/C25H32F2N2O3/c26-21-7-3-19(4-8-21)25(20-5-9-22(27)10-6-20)29-13-11-28(12-14-29)16-23(30)17-31-18-24-2-1-15-32-24/h3-10,23-25,30H,1-2,11-18H2. The largest absolute Gasteiger partial charge is 0.389 e. The highest BCUT2D eigenvalue weighted by atomic mass is 19.1. The molecule has 2 aliphatic rings. The van der Waals surface area contributed by atoms with E-state index >= 15 is 0 Å². The molecule has 2 heterocycles. The van der Waals surface area contributed by atoms with Gasteiger partial charge in [-0.15, -0.1) is 0 Å². The minimum Gasteiger partial charge on any atom is -0.389 e. The molecule has 7 heteroatoms. The van der Waals surface area contributed by atoms with Gasteiger partial charge in [0, 0.05) is 39.3 Å². The molecule has 0 aromatic heterocycles. The Kier molecular flexibility index (Phi) is 8.21. The molecule has 0 saturated carbocycles. The first-order valence-electron chi connectivity index (χ1n) is 11.4. The van der Waals surface area contributed by atoms with Crippen molar-refractivity contribution < 1.29 is 23.4 Å². The minimum absolute atomic E-state index is 0.0713. The van der Waals surface area contributed by atoms with E-state index in [1.807, 2.05) is 0 Å². The number of nitrogens with zero attached hydrogens (tertiary/aromatic N) is 2. The highest BCUT2D eigenvalue weighted by molar-refractivity contribution is 5.32. The molecule has 2 unspecified atom stereocenters. The first kappa shape index (κ1) is 23.3. The number of piperazine rings is 1. The Balaban J connectivity index is 1.31. The highest BCUT2D eigenvalue weighted by Gasteiger charge is 2.27. The maximum Gasteiger partial charge on any atom is 0.123 e. The van der Waals surface area contributed by atoms with Crippen LogP contribution in [0, 0.1) is 11.6 Å². The third-order valence-corrected chi connectivity index (χ3v) is 6.25. The Hall–Kier alpha value is -1.90. The second-order valence-electron chi connectivity index (χ2n) is 8.67. The van der Waals surface area contributed by atoms with Crippen molar-refractivity contribution >= 4 is 0 Å². The van der Waals surface area contributed by atoms with E-state index in [1.165, 1.54) is 24.3 Å². The molecule has 2 atom stereocenters. The van der Waals surface area contributed by atoms with E-state index in [1.54, 1.807) is 24.3 Å². The molecule has 4 rings (SSSR count). The fourth-order valence-corrected chi connectivity index (χ4v) is 4.57. The summed E-state index contributed by atoms with van der Waals surface area (Å²) in [6.07, 6.45) is 1.74. The molecule has 0 amide bonds. The van der Waals surface area contributed by atoms with E-state index in [-0.39, 0.29) is 23.8 Å². The number of hydrogen-bond acceptors (Lipinski definition) is 5. The molecule has 174 valence electrons. The van der Waals surface area contributed by atoms with Crippen molar-refractivity contribution in [2.75, 3.05) is 52.5 Å². The summed E-state index contributed by atoms with van der Waals surface area (Å²) < 4.78 is 38.2. The Labute approximate surface area is 188 Å². The van der Waals surface area contributed by atoms with Crippen molar-refractivity contribution in [3.63, 3.8) is 0 Å². The van der Waals surface area contributed by atoms with Crippen LogP contribution in [0.3, 0.4) is 0 Å². The summed E-state index contributed by atoms with van der Waals surface area (Å²) in [6, 6.07) is 13.0. The predicted molar refractivity (Wildman–Crippen MR) is 118 cm³/mol. The van der Waals surface area contributed by atoms with Crippen molar-refractivity contribution in [2.45, 2.75) is 31.1 Å². The zero-order valence-corrected chi connectivity index (χ0v) is 18.3. The third-order valence-electron chi connectivity index (χ3n) is 6.25. The van der Waals surface area contributed by atoms with E-state index in [4.69, 9.17) is 9.47 Å². The summed E-state index contributed by atoms with van der Waals surface area (Å²) in [5.74, 6) is -0.542. The van der Waals surface area contributed by atoms with E-state index in [2.05, 4.69) is 9.80 Å². The molecule has 2 aromatic rings. The molecular formula is C25H32F2N2O3.